The number of rotatable bonds is 12. The first-order valence-corrected chi connectivity index (χ1v) is 14.4. The summed E-state index contributed by atoms with van der Waals surface area (Å²) in [6.45, 7) is 1.92. The SMILES string of the molecule is CCOC(=O)CNC(=O)NCc1ccc(C2OC(CSc3ncccc3C(=O)O)CC(c3ccc(CO)cc3)O2)cc1. The number of benzene rings is 2. The molecule has 2 heterocycles. The Kier molecular flexibility index (Phi) is 11.3. The van der Waals surface area contributed by atoms with Crippen molar-refractivity contribution in [3.63, 3.8) is 0 Å². The quantitative estimate of drug-likeness (QED) is 0.178. The lowest BCUT2D eigenvalue weighted by Crippen LogP contribution is -2.38. The van der Waals surface area contributed by atoms with E-state index in [4.69, 9.17) is 14.2 Å². The van der Waals surface area contributed by atoms with Crippen LogP contribution in [0.3, 0.4) is 0 Å². The van der Waals surface area contributed by atoms with Gasteiger partial charge in [0.25, 0.3) is 0 Å². The third kappa shape index (κ3) is 8.76. The van der Waals surface area contributed by atoms with Crippen LogP contribution in [0.25, 0.3) is 0 Å². The van der Waals surface area contributed by atoms with E-state index in [9.17, 15) is 24.6 Å². The number of pyridine rings is 1. The van der Waals surface area contributed by atoms with Crippen LogP contribution >= 0.6 is 11.8 Å². The van der Waals surface area contributed by atoms with Gasteiger partial charge in [-0.2, -0.15) is 0 Å². The van der Waals surface area contributed by atoms with Gasteiger partial charge in [-0.25, -0.2) is 14.6 Å². The van der Waals surface area contributed by atoms with Gasteiger partial charge in [0.2, 0.25) is 0 Å². The number of carbonyl (C=O) groups is 3. The molecule has 3 unspecified atom stereocenters. The first-order chi connectivity index (χ1) is 20.4. The first kappa shape index (κ1) is 31.0. The zero-order chi connectivity index (χ0) is 29.9. The summed E-state index contributed by atoms with van der Waals surface area (Å²) in [5, 5.41) is 24.5. The van der Waals surface area contributed by atoms with Gasteiger partial charge in [0, 0.05) is 30.5 Å². The normalized spacial score (nSPS) is 18.2. The molecule has 3 atom stereocenters. The summed E-state index contributed by atoms with van der Waals surface area (Å²) in [5.74, 6) is -1.08. The van der Waals surface area contributed by atoms with Crippen molar-refractivity contribution in [3.05, 3.63) is 94.7 Å². The number of ether oxygens (including phenoxy) is 3. The van der Waals surface area contributed by atoms with Gasteiger partial charge in [-0.15, -0.1) is 11.8 Å². The molecule has 3 aromatic rings. The second kappa shape index (κ2) is 15.3. The van der Waals surface area contributed by atoms with Crippen LogP contribution in [-0.2, 0) is 32.2 Å². The van der Waals surface area contributed by atoms with E-state index in [1.807, 2.05) is 48.5 Å². The van der Waals surface area contributed by atoms with Gasteiger partial charge in [0.15, 0.2) is 6.29 Å². The molecule has 1 fully saturated rings. The van der Waals surface area contributed by atoms with Crippen molar-refractivity contribution in [2.45, 2.75) is 50.0 Å². The second-order valence-electron chi connectivity index (χ2n) is 9.41. The fourth-order valence-electron chi connectivity index (χ4n) is 4.27. The highest BCUT2D eigenvalue weighted by Crippen LogP contribution is 2.39. The summed E-state index contributed by atoms with van der Waals surface area (Å²) in [5.41, 5.74) is 3.49. The maximum absolute atomic E-state index is 12.0. The number of hydrogen-bond acceptors (Lipinski definition) is 9. The highest BCUT2D eigenvalue weighted by atomic mass is 32.2. The Morgan fingerprint density at radius 3 is 2.40 bits per heavy atom. The molecular formula is C30H33N3O8S. The lowest BCUT2D eigenvalue weighted by molar-refractivity contribution is -0.245. The van der Waals surface area contributed by atoms with Gasteiger partial charge in [0.1, 0.15) is 11.6 Å². The van der Waals surface area contributed by atoms with E-state index in [-0.39, 0.29) is 44.1 Å². The van der Waals surface area contributed by atoms with Crippen LogP contribution in [0.1, 0.15) is 58.4 Å². The van der Waals surface area contributed by atoms with Crippen molar-refractivity contribution in [2.24, 2.45) is 0 Å². The molecule has 2 aromatic carbocycles. The summed E-state index contributed by atoms with van der Waals surface area (Å²) in [6, 6.07) is 17.6. The van der Waals surface area contributed by atoms with E-state index >= 15 is 0 Å². The van der Waals surface area contributed by atoms with Crippen molar-refractivity contribution in [1.82, 2.24) is 15.6 Å². The molecule has 0 saturated carbocycles. The number of carboxylic acids is 1. The molecule has 0 radical (unpaired) electrons. The lowest BCUT2D eigenvalue weighted by atomic mass is 10.0. The first-order valence-electron chi connectivity index (χ1n) is 13.4. The van der Waals surface area contributed by atoms with Crippen molar-refractivity contribution in [1.29, 1.82) is 0 Å². The molecule has 1 aromatic heterocycles. The third-order valence-electron chi connectivity index (χ3n) is 6.43. The molecule has 222 valence electrons. The molecule has 0 bridgehead atoms. The highest BCUT2D eigenvalue weighted by molar-refractivity contribution is 7.99. The summed E-state index contributed by atoms with van der Waals surface area (Å²) < 4.78 is 17.5. The molecular weight excluding hydrogens is 562 g/mol. The number of carboxylic acid groups (broad SMARTS) is 1. The minimum atomic E-state index is -1.04. The average molecular weight is 596 g/mol. The number of aromatic nitrogens is 1. The molecule has 0 spiro atoms. The molecule has 4 rings (SSSR count). The summed E-state index contributed by atoms with van der Waals surface area (Å²) in [4.78, 5) is 39.3. The number of aliphatic hydroxyl groups excluding tert-OH is 1. The predicted octanol–water partition coefficient (Wildman–Crippen LogP) is 3.97. The molecule has 4 N–H and O–H groups in total. The summed E-state index contributed by atoms with van der Waals surface area (Å²) in [7, 11) is 0. The Morgan fingerprint density at radius 1 is 1.00 bits per heavy atom. The van der Waals surface area contributed by atoms with E-state index in [0.29, 0.717) is 17.2 Å². The maximum atomic E-state index is 12.0. The monoisotopic (exact) mass is 595 g/mol. The van der Waals surface area contributed by atoms with Crippen LogP contribution in [0.4, 0.5) is 4.79 Å². The number of hydrogen-bond donors (Lipinski definition) is 4. The zero-order valence-electron chi connectivity index (χ0n) is 23.0. The number of nitrogens with zero attached hydrogens (tertiary/aromatic N) is 1. The molecule has 1 aliphatic heterocycles. The molecule has 42 heavy (non-hydrogen) atoms. The number of urea groups is 1. The molecule has 1 saturated heterocycles. The van der Waals surface area contributed by atoms with Crippen molar-refractivity contribution < 1.29 is 38.8 Å². The third-order valence-corrected chi connectivity index (χ3v) is 7.56. The molecule has 0 aliphatic carbocycles. The summed E-state index contributed by atoms with van der Waals surface area (Å²) >= 11 is 1.32. The van der Waals surface area contributed by atoms with Crippen LogP contribution in [0.2, 0.25) is 0 Å². The van der Waals surface area contributed by atoms with E-state index in [1.165, 1.54) is 17.8 Å². The number of esters is 1. The standard InChI is InChI=1S/C30H33N3O8S/c1-2-39-26(35)16-33-30(38)32-15-19-5-11-22(12-6-19)29-40-23(18-42-27-24(28(36)37)4-3-13-31-27)14-25(41-29)21-9-7-20(17-34)8-10-21/h3-13,23,25,29,34H,2,14-18H2,1H3,(H,36,37)(H2,32,33,38). The van der Waals surface area contributed by atoms with Crippen LogP contribution < -0.4 is 10.6 Å². The zero-order valence-corrected chi connectivity index (χ0v) is 23.8. The van der Waals surface area contributed by atoms with Crippen molar-refractivity contribution in [2.75, 3.05) is 18.9 Å². The fraction of sp³-hybridized carbons (Fsp3) is 0.333. The Bertz CT molecular complexity index is 1350. The van der Waals surface area contributed by atoms with Crippen LogP contribution in [0.5, 0.6) is 0 Å². The molecule has 1 aliphatic rings. The van der Waals surface area contributed by atoms with Crippen molar-refractivity contribution in [3.8, 4) is 0 Å². The van der Waals surface area contributed by atoms with Gasteiger partial charge in [-0.3, -0.25) is 4.79 Å². The van der Waals surface area contributed by atoms with Gasteiger partial charge in [-0.05, 0) is 35.7 Å². The van der Waals surface area contributed by atoms with Crippen LogP contribution in [0, 0.1) is 0 Å². The van der Waals surface area contributed by atoms with E-state index in [1.54, 1.807) is 19.2 Å². The van der Waals surface area contributed by atoms with Gasteiger partial charge in [0.05, 0.1) is 31.0 Å². The Labute approximate surface area is 247 Å². The summed E-state index contributed by atoms with van der Waals surface area (Å²) in [6.07, 6.45) is 0.845. The number of nitrogens with one attached hydrogen (secondary N) is 2. The van der Waals surface area contributed by atoms with Crippen LogP contribution in [-0.4, -0.2) is 58.2 Å². The minimum absolute atomic E-state index is 0.0545. The fourth-order valence-corrected chi connectivity index (χ4v) is 5.27. The topological polar surface area (TPSA) is 156 Å². The van der Waals surface area contributed by atoms with Gasteiger partial charge in [-0.1, -0.05) is 48.5 Å². The number of carbonyl (C=O) groups excluding carboxylic acids is 2. The number of thioether (sulfide) groups is 1. The van der Waals surface area contributed by atoms with E-state index < -0.39 is 24.3 Å². The smallest absolute Gasteiger partial charge is 0.338 e. The van der Waals surface area contributed by atoms with E-state index in [0.717, 1.165) is 22.3 Å². The van der Waals surface area contributed by atoms with Gasteiger partial charge >= 0.3 is 18.0 Å². The Balaban J connectivity index is 1.43. The molecule has 12 heteroatoms. The Morgan fingerprint density at radius 2 is 1.71 bits per heavy atom. The van der Waals surface area contributed by atoms with Crippen LogP contribution in [0.15, 0.2) is 71.9 Å². The second-order valence-corrected chi connectivity index (χ2v) is 10.4. The Hall–Kier alpha value is -3.97. The largest absolute Gasteiger partial charge is 0.478 e. The maximum Gasteiger partial charge on any atom is 0.338 e. The van der Waals surface area contributed by atoms with E-state index in [2.05, 4.69) is 15.6 Å². The minimum Gasteiger partial charge on any atom is -0.478 e. The van der Waals surface area contributed by atoms with Crippen molar-refractivity contribution >= 4 is 29.7 Å². The number of aliphatic hydroxyl groups is 1. The average Bonchev–Trinajstić information content (AvgIpc) is 3.02. The highest BCUT2D eigenvalue weighted by Gasteiger charge is 2.32. The number of amides is 2. The lowest BCUT2D eigenvalue weighted by Gasteiger charge is -2.36. The molecule has 11 nitrogen and oxygen atoms in total. The predicted molar refractivity (Wildman–Crippen MR) is 154 cm³/mol. The molecule has 2 amide bonds. The van der Waals surface area contributed by atoms with Gasteiger partial charge < -0.3 is 35.1 Å². The number of aromatic carboxylic acids is 1.